The number of rotatable bonds is 4. The van der Waals surface area contributed by atoms with Crippen molar-refractivity contribution in [3.63, 3.8) is 0 Å². The van der Waals surface area contributed by atoms with Crippen LogP contribution in [0.2, 0.25) is 0 Å². The van der Waals surface area contributed by atoms with Crippen LogP contribution >= 0.6 is 11.3 Å². The van der Waals surface area contributed by atoms with Crippen LogP contribution in [0.5, 0.6) is 0 Å². The first-order valence-corrected chi connectivity index (χ1v) is 7.35. The molecule has 2 aromatic rings. The smallest absolute Gasteiger partial charge is 0.312 e. The highest BCUT2D eigenvalue weighted by molar-refractivity contribution is 7.15. The monoisotopic (exact) mass is 315 g/mol. The molecule has 7 heteroatoms. The molecule has 0 aliphatic heterocycles. The van der Waals surface area contributed by atoms with Gasteiger partial charge in [0.2, 0.25) is 0 Å². The summed E-state index contributed by atoms with van der Waals surface area (Å²) in [6, 6.07) is 1.89. The fourth-order valence-electron chi connectivity index (χ4n) is 1.97. The molecule has 3 nitrogen and oxygen atoms in total. The van der Waals surface area contributed by atoms with Crippen molar-refractivity contribution in [2.75, 3.05) is 6.54 Å². The lowest BCUT2D eigenvalue weighted by Crippen LogP contribution is -2.15. The number of pyridine rings is 1. The van der Waals surface area contributed by atoms with Crippen molar-refractivity contribution in [3.05, 3.63) is 34.0 Å². The normalized spacial score (nSPS) is 11.9. The molecule has 0 aromatic carbocycles. The maximum absolute atomic E-state index is 13.1. The van der Waals surface area contributed by atoms with Crippen molar-refractivity contribution < 1.29 is 13.2 Å². The van der Waals surface area contributed by atoms with Crippen LogP contribution in [0.15, 0.2) is 12.3 Å². The summed E-state index contributed by atoms with van der Waals surface area (Å²) in [5, 5.41) is 3.23. The van der Waals surface area contributed by atoms with E-state index in [2.05, 4.69) is 15.3 Å². The van der Waals surface area contributed by atoms with Gasteiger partial charge in [0.25, 0.3) is 0 Å². The van der Waals surface area contributed by atoms with Crippen LogP contribution in [0.25, 0.3) is 10.7 Å². The highest BCUT2D eigenvalue weighted by Gasteiger charge is 2.37. The Morgan fingerprint density at radius 3 is 2.57 bits per heavy atom. The Morgan fingerprint density at radius 1 is 1.29 bits per heavy atom. The first-order chi connectivity index (χ1) is 9.82. The molecule has 2 aromatic heterocycles. The minimum Gasteiger partial charge on any atom is -0.312 e. The molecule has 0 unspecified atom stereocenters. The largest absolute Gasteiger partial charge is 0.434 e. The van der Waals surface area contributed by atoms with Crippen molar-refractivity contribution in [1.82, 2.24) is 15.3 Å². The maximum atomic E-state index is 13.1. The van der Waals surface area contributed by atoms with E-state index in [9.17, 15) is 13.2 Å². The van der Waals surface area contributed by atoms with E-state index in [1.807, 2.05) is 26.8 Å². The summed E-state index contributed by atoms with van der Waals surface area (Å²) in [5.74, 6) is 0. The van der Waals surface area contributed by atoms with Crippen LogP contribution in [-0.2, 0) is 12.7 Å². The highest BCUT2D eigenvalue weighted by Crippen LogP contribution is 2.37. The van der Waals surface area contributed by atoms with Gasteiger partial charge >= 0.3 is 6.18 Å². The molecule has 0 fully saturated rings. The molecule has 0 aliphatic carbocycles. The van der Waals surface area contributed by atoms with Gasteiger partial charge in [-0.2, -0.15) is 13.2 Å². The Hall–Kier alpha value is -1.47. The van der Waals surface area contributed by atoms with Crippen LogP contribution in [0, 0.1) is 13.8 Å². The molecule has 21 heavy (non-hydrogen) atoms. The van der Waals surface area contributed by atoms with Gasteiger partial charge in [0, 0.05) is 12.7 Å². The summed E-state index contributed by atoms with van der Waals surface area (Å²) in [4.78, 5) is 8.21. The van der Waals surface area contributed by atoms with E-state index in [0.717, 1.165) is 22.5 Å². The molecule has 114 valence electrons. The molecule has 2 heterocycles. The SMILES string of the molecule is CCNCc1sc(-c2ncc(C)cc2C)nc1C(F)(F)F. The average Bonchev–Trinajstić information content (AvgIpc) is 2.80. The lowest BCUT2D eigenvalue weighted by atomic mass is 10.2. The fourth-order valence-corrected chi connectivity index (χ4v) is 3.09. The second-order valence-corrected chi connectivity index (χ2v) is 5.83. The van der Waals surface area contributed by atoms with E-state index in [-0.39, 0.29) is 11.4 Å². The fraction of sp³-hybridized carbons (Fsp3) is 0.429. The Labute approximate surface area is 125 Å². The number of thiazole rings is 1. The average molecular weight is 315 g/mol. The zero-order chi connectivity index (χ0) is 15.6. The Kier molecular flexibility index (Phi) is 4.63. The Balaban J connectivity index is 2.47. The van der Waals surface area contributed by atoms with Crippen molar-refractivity contribution in [2.24, 2.45) is 0 Å². The second kappa shape index (κ2) is 6.11. The third-order valence-corrected chi connectivity index (χ3v) is 3.98. The third kappa shape index (κ3) is 3.59. The van der Waals surface area contributed by atoms with Crippen LogP contribution in [-0.4, -0.2) is 16.5 Å². The van der Waals surface area contributed by atoms with Crippen LogP contribution in [0.1, 0.15) is 28.6 Å². The first kappa shape index (κ1) is 15.9. The van der Waals surface area contributed by atoms with Gasteiger partial charge in [-0.1, -0.05) is 13.0 Å². The van der Waals surface area contributed by atoms with Gasteiger partial charge in [-0.3, -0.25) is 4.98 Å². The van der Waals surface area contributed by atoms with Crippen LogP contribution in [0.3, 0.4) is 0 Å². The quantitative estimate of drug-likeness (QED) is 0.928. The second-order valence-electron chi connectivity index (χ2n) is 4.75. The van der Waals surface area contributed by atoms with Crippen molar-refractivity contribution >= 4 is 11.3 Å². The van der Waals surface area contributed by atoms with Gasteiger partial charge in [-0.05, 0) is 31.5 Å². The van der Waals surface area contributed by atoms with E-state index in [1.165, 1.54) is 0 Å². The van der Waals surface area contributed by atoms with Gasteiger partial charge in [-0.15, -0.1) is 11.3 Å². The first-order valence-electron chi connectivity index (χ1n) is 6.54. The third-order valence-electron chi connectivity index (χ3n) is 2.92. The van der Waals surface area contributed by atoms with Crippen molar-refractivity contribution in [2.45, 2.75) is 33.5 Å². The molecule has 0 bridgehead atoms. The number of aryl methyl sites for hydroxylation is 2. The Bertz CT molecular complexity index is 635. The van der Waals surface area contributed by atoms with Crippen LogP contribution in [0.4, 0.5) is 13.2 Å². The molecule has 0 aliphatic rings. The zero-order valence-corrected chi connectivity index (χ0v) is 12.8. The molecule has 0 atom stereocenters. The van der Waals surface area contributed by atoms with Gasteiger partial charge in [0.15, 0.2) is 5.69 Å². The molecule has 1 N–H and O–H groups in total. The number of hydrogen-bond acceptors (Lipinski definition) is 4. The summed E-state index contributed by atoms with van der Waals surface area (Å²) in [6.07, 6.45) is -2.81. The number of alkyl halides is 3. The lowest BCUT2D eigenvalue weighted by molar-refractivity contribution is -0.141. The van der Waals surface area contributed by atoms with E-state index >= 15 is 0 Å². The molecule has 0 spiro atoms. The summed E-state index contributed by atoms with van der Waals surface area (Å²) >= 11 is 1.04. The minimum atomic E-state index is -4.45. The van der Waals surface area contributed by atoms with Crippen molar-refractivity contribution in [3.8, 4) is 10.7 Å². The van der Waals surface area contributed by atoms with E-state index in [1.54, 1.807) is 6.20 Å². The zero-order valence-electron chi connectivity index (χ0n) is 12.0. The number of hydrogen-bond donors (Lipinski definition) is 1. The predicted molar refractivity (Wildman–Crippen MR) is 77.2 cm³/mol. The number of halogens is 3. The van der Waals surface area contributed by atoms with E-state index in [0.29, 0.717) is 17.2 Å². The van der Waals surface area contributed by atoms with Crippen LogP contribution < -0.4 is 5.32 Å². The molecule has 0 amide bonds. The van der Waals surface area contributed by atoms with E-state index in [4.69, 9.17) is 0 Å². The number of nitrogens with zero attached hydrogens (tertiary/aromatic N) is 2. The topological polar surface area (TPSA) is 37.8 Å². The minimum absolute atomic E-state index is 0.161. The molecule has 0 radical (unpaired) electrons. The maximum Gasteiger partial charge on any atom is 0.434 e. The molecule has 0 saturated carbocycles. The van der Waals surface area contributed by atoms with Gasteiger partial charge in [-0.25, -0.2) is 4.98 Å². The summed E-state index contributed by atoms with van der Waals surface area (Å²) in [7, 11) is 0. The molecular weight excluding hydrogens is 299 g/mol. The predicted octanol–water partition coefficient (Wildman–Crippen LogP) is 3.95. The number of aromatic nitrogens is 2. The summed E-state index contributed by atoms with van der Waals surface area (Å²) in [5.41, 5.74) is 1.49. The van der Waals surface area contributed by atoms with Gasteiger partial charge < -0.3 is 5.32 Å². The highest BCUT2D eigenvalue weighted by atomic mass is 32.1. The summed E-state index contributed by atoms with van der Waals surface area (Å²) < 4.78 is 39.2. The Morgan fingerprint density at radius 2 is 2.00 bits per heavy atom. The van der Waals surface area contributed by atoms with Crippen molar-refractivity contribution in [1.29, 1.82) is 0 Å². The van der Waals surface area contributed by atoms with Gasteiger partial charge in [0.05, 0.1) is 4.88 Å². The van der Waals surface area contributed by atoms with Gasteiger partial charge in [0.1, 0.15) is 10.7 Å². The molecule has 0 saturated heterocycles. The summed E-state index contributed by atoms with van der Waals surface area (Å²) in [6.45, 7) is 6.33. The number of nitrogens with one attached hydrogen (secondary N) is 1. The van der Waals surface area contributed by atoms with E-state index < -0.39 is 11.9 Å². The lowest BCUT2D eigenvalue weighted by Gasteiger charge is -2.05. The standard InChI is InChI=1S/C14H16F3N3S/c1-4-18-7-10-12(14(15,16)17)20-13(21-10)11-9(3)5-8(2)6-19-11/h5-6,18H,4,7H2,1-3H3. The molecular formula is C14H16F3N3S. The molecule has 2 rings (SSSR count).